The van der Waals surface area contributed by atoms with Gasteiger partial charge in [-0.3, -0.25) is 4.79 Å². The highest BCUT2D eigenvalue weighted by Crippen LogP contribution is 2.10. The minimum Gasteiger partial charge on any atom is -0.465 e. The van der Waals surface area contributed by atoms with E-state index in [1.54, 1.807) is 0 Å². The van der Waals surface area contributed by atoms with Crippen molar-refractivity contribution in [2.45, 2.75) is 77.6 Å². The van der Waals surface area contributed by atoms with Gasteiger partial charge in [0.1, 0.15) is 6.29 Å². The maximum atomic E-state index is 11.2. The Morgan fingerprint density at radius 1 is 0.944 bits per heavy atom. The molecule has 106 valence electrons. The number of carbonyl (C=O) groups is 2. The lowest BCUT2D eigenvalue weighted by Gasteiger charge is -2.03. The molecule has 0 rings (SSSR count). The molecule has 0 N–H and O–H groups in total. The number of hydrogen-bond donors (Lipinski definition) is 0. The molecule has 0 aromatic heterocycles. The van der Waals surface area contributed by atoms with Crippen LogP contribution in [-0.4, -0.2) is 18.9 Å². The molecular formula is C15H28O3. The summed E-state index contributed by atoms with van der Waals surface area (Å²) in [7, 11) is 0. The van der Waals surface area contributed by atoms with Crippen LogP contribution in [0.4, 0.5) is 0 Å². The van der Waals surface area contributed by atoms with Crippen molar-refractivity contribution in [1.82, 2.24) is 0 Å². The Morgan fingerprint density at radius 3 is 2.06 bits per heavy atom. The fourth-order valence-electron chi connectivity index (χ4n) is 1.87. The molecule has 0 heterocycles. The van der Waals surface area contributed by atoms with E-state index in [1.165, 1.54) is 44.9 Å². The van der Waals surface area contributed by atoms with Gasteiger partial charge < -0.3 is 9.53 Å². The van der Waals surface area contributed by atoms with Gasteiger partial charge in [0, 0.05) is 12.8 Å². The van der Waals surface area contributed by atoms with Gasteiger partial charge in [-0.25, -0.2) is 0 Å². The molecule has 0 aliphatic heterocycles. The van der Waals surface area contributed by atoms with Crippen molar-refractivity contribution >= 4 is 12.3 Å². The molecule has 0 aliphatic carbocycles. The Bertz CT molecular complexity index is 202. The predicted octanol–water partition coefficient (Wildman–Crippen LogP) is 4.04. The molecular weight excluding hydrogens is 228 g/mol. The summed E-state index contributed by atoms with van der Waals surface area (Å²) in [6, 6.07) is 0. The second-order valence-corrected chi connectivity index (χ2v) is 4.75. The zero-order valence-electron chi connectivity index (χ0n) is 11.8. The summed E-state index contributed by atoms with van der Waals surface area (Å²) in [6.07, 6.45) is 12.8. The molecule has 0 aliphatic rings. The standard InChI is InChI=1S/C15H28O3/c1-2-3-4-5-6-7-8-9-10-12-15(17)18-14-11-13-16/h13H,2-12,14H2,1H3. The first-order valence-electron chi connectivity index (χ1n) is 7.40. The molecule has 0 unspecified atom stereocenters. The second-order valence-electron chi connectivity index (χ2n) is 4.75. The van der Waals surface area contributed by atoms with Crippen molar-refractivity contribution < 1.29 is 14.3 Å². The Hall–Kier alpha value is -0.860. The van der Waals surface area contributed by atoms with E-state index in [2.05, 4.69) is 6.92 Å². The van der Waals surface area contributed by atoms with Gasteiger partial charge in [-0.15, -0.1) is 0 Å². The Kier molecular flexibility index (Phi) is 13.5. The summed E-state index contributed by atoms with van der Waals surface area (Å²) in [5.41, 5.74) is 0. The summed E-state index contributed by atoms with van der Waals surface area (Å²) in [6.45, 7) is 2.47. The third kappa shape index (κ3) is 13.2. The van der Waals surface area contributed by atoms with E-state index in [1.807, 2.05) is 0 Å². The van der Waals surface area contributed by atoms with Crippen LogP contribution < -0.4 is 0 Å². The third-order valence-corrected chi connectivity index (χ3v) is 2.98. The lowest BCUT2D eigenvalue weighted by Crippen LogP contribution is -2.05. The third-order valence-electron chi connectivity index (χ3n) is 2.98. The average molecular weight is 256 g/mol. The summed E-state index contributed by atoms with van der Waals surface area (Å²) in [5.74, 6) is -0.167. The number of aldehydes is 1. The van der Waals surface area contributed by atoms with Gasteiger partial charge >= 0.3 is 5.97 Å². The van der Waals surface area contributed by atoms with E-state index in [0.29, 0.717) is 12.8 Å². The first kappa shape index (κ1) is 17.1. The van der Waals surface area contributed by atoms with Crippen molar-refractivity contribution in [1.29, 1.82) is 0 Å². The first-order valence-corrected chi connectivity index (χ1v) is 7.40. The molecule has 0 fully saturated rings. The van der Waals surface area contributed by atoms with Gasteiger partial charge in [-0.1, -0.05) is 58.3 Å². The zero-order chi connectivity index (χ0) is 13.5. The average Bonchev–Trinajstić information content (AvgIpc) is 2.37. The Morgan fingerprint density at radius 2 is 1.50 bits per heavy atom. The van der Waals surface area contributed by atoms with Crippen LogP contribution in [0.25, 0.3) is 0 Å². The molecule has 0 aromatic rings. The number of ether oxygens (including phenoxy) is 1. The minimum absolute atomic E-state index is 0.167. The monoisotopic (exact) mass is 256 g/mol. The van der Waals surface area contributed by atoms with Crippen molar-refractivity contribution in [3.8, 4) is 0 Å². The van der Waals surface area contributed by atoms with E-state index in [0.717, 1.165) is 19.1 Å². The molecule has 3 nitrogen and oxygen atoms in total. The fourth-order valence-corrected chi connectivity index (χ4v) is 1.87. The first-order chi connectivity index (χ1) is 8.81. The van der Waals surface area contributed by atoms with Crippen LogP contribution in [0.1, 0.15) is 77.6 Å². The highest BCUT2D eigenvalue weighted by atomic mass is 16.5. The zero-order valence-corrected chi connectivity index (χ0v) is 11.8. The van der Waals surface area contributed by atoms with Gasteiger partial charge in [0.25, 0.3) is 0 Å². The van der Waals surface area contributed by atoms with Crippen LogP contribution in [0.15, 0.2) is 0 Å². The summed E-state index contributed by atoms with van der Waals surface area (Å²) < 4.78 is 4.88. The van der Waals surface area contributed by atoms with Crippen LogP contribution in [0.5, 0.6) is 0 Å². The predicted molar refractivity (Wildman–Crippen MR) is 73.5 cm³/mol. The highest BCUT2D eigenvalue weighted by molar-refractivity contribution is 5.69. The topological polar surface area (TPSA) is 43.4 Å². The maximum Gasteiger partial charge on any atom is 0.305 e. The minimum atomic E-state index is -0.167. The smallest absolute Gasteiger partial charge is 0.305 e. The quantitative estimate of drug-likeness (QED) is 0.284. The molecule has 0 atom stereocenters. The van der Waals surface area contributed by atoms with Crippen molar-refractivity contribution in [3.63, 3.8) is 0 Å². The van der Waals surface area contributed by atoms with Crippen LogP contribution in [-0.2, 0) is 14.3 Å². The molecule has 18 heavy (non-hydrogen) atoms. The van der Waals surface area contributed by atoms with E-state index in [4.69, 9.17) is 4.74 Å². The number of hydrogen-bond acceptors (Lipinski definition) is 3. The van der Waals surface area contributed by atoms with Crippen LogP contribution >= 0.6 is 0 Å². The fraction of sp³-hybridized carbons (Fsp3) is 0.867. The molecule has 0 aromatic carbocycles. The van der Waals surface area contributed by atoms with Gasteiger partial charge in [0.05, 0.1) is 6.61 Å². The van der Waals surface area contributed by atoms with Crippen LogP contribution in [0.2, 0.25) is 0 Å². The molecule has 0 spiro atoms. The number of esters is 1. The molecule has 0 saturated carbocycles. The number of unbranched alkanes of at least 4 members (excludes halogenated alkanes) is 8. The van der Waals surface area contributed by atoms with Gasteiger partial charge in [0.2, 0.25) is 0 Å². The molecule has 0 radical (unpaired) electrons. The maximum absolute atomic E-state index is 11.2. The highest BCUT2D eigenvalue weighted by Gasteiger charge is 2.01. The number of carbonyl (C=O) groups excluding carboxylic acids is 2. The van der Waals surface area contributed by atoms with E-state index >= 15 is 0 Å². The summed E-state index contributed by atoms with van der Waals surface area (Å²) in [4.78, 5) is 21.2. The van der Waals surface area contributed by atoms with Gasteiger partial charge in [0.15, 0.2) is 0 Å². The largest absolute Gasteiger partial charge is 0.465 e. The SMILES string of the molecule is CCCCCCCCCCCC(=O)OCCC=O. The lowest BCUT2D eigenvalue weighted by atomic mass is 10.1. The van der Waals surface area contributed by atoms with Crippen LogP contribution in [0.3, 0.4) is 0 Å². The van der Waals surface area contributed by atoms with Crippen molar-refractivity contribution in [2.75, 3.05) is 6.61 Å². The Balaban J connectivity index is 3.10. The van der Waals surface area contributed by atoms with E-state index in [9.17, 15) is 9.59 Å². The Labute approximate surface area is 111 Å². The molecule has 0 amide bonds. The summed E-state index contributed by atoms with van der Waals surface area (Å²) >= 11 is 0. The van der Waals surface area contributed by atoms with Gasteiger partial charge in [-0.05, 0) is 6.42 Å². The second kappa shape index (κ2) is 14.2. The normalized spacial score (nSPS) is 10.3. The lowest BCUT2D eigenvalue weighted by molar-refractivity contribution is -0.144. The summed E-state index contributed by atoms with van der Waals surface area (Å²) in [5, 5.41) is 0. The van der Waals surface area contributed by atoms with Gasteiger partial charge in [-0.2, -0.15) is 0 Å². The van der Waals surface area contributed by atoms with Crippen molar-refractivity contribution in [3.05, 3.63) is 0 Å². The van der Waals surface area contributed by atoms with E-state index < -0.39 is 0 Å². The molecule has 0 saturated heterocycles. The number of rotatable bonds is 13. The van der Waals surface area contributed by atoms with Crippen molar-refractivity contribution in [2.24, 2.45) is 0 Å². The van der Waals surface area contributed by atoms with E-state index in [-0.39, 0.29) is 12.6 Å². The molecule has 0 bridgehead atoms. The molecule has 3 heteroatoms. The van der Waals surface area contributed by atoms with Crippen LogP contribution in [0, 0.1) is 0 Å².